The molecule has 1 N–H and O–H groups in total. The van der Waals surface area contributed by atoms with Crippen LogP contribution < -0.4 is 0 Å². The van der Waals surface area contributed by atoms with E-state index in [1.54, 1.807) is 11.8 Å². The number of carboxylic acid groups (broad SMARTS) is 1. The molecule has 0 amide bonds. The lowest BCUT2D eigenvalue weighted by molar-refractivity contribution is -0.140. The number of benzene rings is 2. The highest BCUT2D eigenvalue weighted by Crippen LogP contribution is 2.37. The molecule has 3 rings (SSSR count). The SMILES string of the molecule is CC(CCC(=O)O)=Ic1cccc(SCc2sc(-c3ccc(C(F)(F)F)c(F)c3)nc2C)c1C. The van der Waals surface area contributed by atoms with Crippen molar-refractivity contribution in [3.05, 3.63) is 67.5 Å². The quantitative estimate of drug-likeness (QED) is 0.157. The number of hydrogen-bond donors (Lipinski definition) is 1. The highest BCUT2D eigenvalue weighted by molar-refractivity contribution is 14.2. The summed E-state index contributed by atoms with van der Waals surface area (Å²) in [4.78, 5) is 17.4. The fourth-order valence-electron chi connectivity index (χ4n) is 3.05. The summed E-state index contributed by atoms with van der Waals surface area (Å²) in [5.41, 5.74) is 0.994. The molecule has 34 heavy (non-hydrogen) atoms. The number of halogens is 5. The third-order valence-electron chi connectivity index (χ3n) is 4.94. The van der Waals surface area contributed by atoms with E-state index in [0.717, 1.165) is 27.6 Å². The van der Waals surface area contributed by atoms with Crippen LogP contribution in [0.15, 0.2) is 41.3 Å². The molecule has 3 nitrogen and oxygen atoms in total. The number of nitrogens with zero attached hydrogens (tertiary/aromatic N) is 1. The predicted octanol–water partition coefficient (Wildman–Crippen LogP) is 8.07. The Bertz CT molecular complexity index is 1240. The summed E-state index contributed by atoms with van der Waals surface area (Å²) in [5.74, 6) is -1.46. The zero-order chi connectivity index (χ0) is 25.0. The maximum Gasteiger partial charge on any atom is 0.419 e. The van der Waals surface area contributed by atoms with Gasteiger partial charge in [0.2, 0.25) is 0 Å². The van der Waals surface area contributed by atoms with Crippen LogP contribution in [0.2, 0.25) is 0 Å². The van der Waals surface area contributed by atoms with Crippen molar-refractivity contribution >= 4 is 53.3 Å². The van der Waals surface area contributed by atoms with Crippen LogP contribution >= 0.6 is 43.8 Å². The van der Waals surface area contributed by atoms with Crippen molar-refractivity contribution < 1.29 is 27.5 Å². The normalized spacial score (nSPS) is 12.5. The molecule has 0 fully saturated rings. The van der Waals surface area contributed by atoms with Gasteiger partial charge in [0.25, 0.3) is 0 Å². The smallest absolute Gasteiger partial charge is 0.419 e. The minimum atomic E-state index is -4.73. The summed E-state index contributed by atoms with van der Waals surface area (Å²) in [6.07, 6.45) is -3.99. The third-order valence-corrected chi connectivity index (χ3v) is 10.7. The van der Waals surface area contributed by atoms with Crippen LogP contribution in [0.1, 0.15) is 41.5 Å². The number of carboxylic acids is 1. The molecule has 3 aromatic rings. The average Bonchev–Trinajstić information content (AvgIpc) is 3.12. The summed E-state index contributed by atoms with van der Waals surface area (Å²) in [5, 5.41) is 9.37. The van der Waals surface area contributed by atoms with E-state index in [-0.39, 0.29) is 6.42 Å². The van der Waals surface area contributed by atoms with Gasteiger partial charge in [0, 0.05) is 31.1 Å². The topological polar surface area (TPSA) is 50.2 Å². The van der Waals surface area contributed by atoms with E-state index in [4.69, 9.17) is 5.11 Å². The van der Waals surface area contributed by atoms with Crippen LogP contribution in [-0.4, -0.2) is 19.6 Å². The Balaban J connectivity index is 1.76. The second-order valence-electron chi connectivity index (χ2n) is 7.54. The zero-order valence-corrected chi connectivity index (χ0v) is 22.4. The molecule has 0 bridgehead atoms. The molecular formula is C24H22F4INO2S2. The van der Waals surface area contributed by atoms with E-state index in [0.29, 0.717) is 22.7 Å². The molecule has 0 aliphatic carbocycles. The van der Waals surface area contributed by atoms with Crippen LogP contribution in [-0.2, 0) is 16.7 Å². The molecule has 0 aliphatic rings. The van der Waals surface area contributed by atoms with Gasteiger partial charge in [0.05, 0.1) is 11.3 Å². The molecule has 182 valence electrons. The maximum absolute atomic E-state index is 14.0. The number of thioether (sulfide) groups is 1. The Morgan fingerprint density at radius 1 is 1.18 bits per heavy atom. The molecule has 1 heterocycles. The zero-order valence-electron chi connectivity index (χ0n) is 18.6. The molecule has 0 radical (unpaired) electrons. The van der Waals surface area contributed by atoms with Crippen LogP contribution in [0.3, 0.4) is 0 Å². The van der Waals surface area contributed by atoms with E-state index in [1.807, 2.05) is 26.0 Å². The average molecular weight is 623 g/mol. The largest absolute Gasteiger partial charge is 0.481 e. The summed E-state index contributed by atoms with van der Waals surface area (Å²) in [6, 6.07) is 9.03. The lowest BCUT2D eigenvalue weighted by Gasteiger charge is -2.09. The van der Waals surface area contributed by atoms with Crippen molar-refractivity contribution in [2.45, 2.75) is 50.4 Å². The number of aliphatic carboxylic acids is 1. The van der Waals surface area contributed by atoms with E-state index in [2.05, 4.69) is 18.0 Å². The first-order valence-electron chi connectivity index (χ1n) is 10.2. The van der Waals surface area contributed by atoms with Crippen molar-refractivity contribution in [1.82, 2.24) is 4.98 Å². The fraction of sp³-hybridized carbons (Fsp3) is 0.292. The molecule has 0 spiro atoms. The Morgan fingerprint density at radius 3 is 2.56 bits per heavy atom. The van der Waals surface area contributed by atoms with Crippen LogP contribution in [0.5, 0.6) is 0 Å². The molecule has 0 saturated carbocycles. The predicted molar refractivity (Wildman–Crippen MR) is 138 cm³/mol. The van der Waals surface area contributed by atoms with Crippen molar-refractivity contribution in [2.24, 2.45) is 0 Å². The number of thiazole rings is 1. The van der Waals surface area contributed by atoms with Gasteiger partial charge >= 0.3 is 12.1 Å². The minimum Gasteiger partial charge on any atom is -0.481 e. The van der Waals surface area contributed by atoms with Crippen LogP contribution in [0.25, 0.3) is 10.6 Å². The Hall–Kier alpha value is -1.79. The number of aryl methyl sites for hydroxylation is 1. The maximum atomic E-state index is 14.0. The van der Waals surface area contributed by atoms with Crippen molar-refractivity contribution in [1.29, 1.82) is 0 Å². The molecule has 10 heteroatoms. The second kappa shape index (κ2) is 11.3. The van der Waals surface area contributed by atoms with Crippen molar-refractivity contribution in [3.8, 4) is 10.6 Å². The lowest BCUT2D eigenvalue weighted by atomic mass is 10.1. The van der Waals surface area contributed by atoms with Crippen molar-refractivity contribution in [3.63, 3.8) is 0 Å². The van der Waals surface area contributed by atoms with Gasteiger partial charge in [0.1, 0.15) is 10.8 Å². The number of aromatic nitrogens is 1. The first-order chi connectivity index (χ1) is 16.0. The fourth-order valence-corrected chi connectivity index (χ4v) is 8.11. The molecule has 0 atom stereocenters. The van der Waals surface area contributed by atoms with E-state index >= 15 is 0 Å². The molecule has 0 unspecified atom stereocenters. The van der Waals surface area contributed by atoms with Gasteiger partial charge in [-0.2, -0.15) is 13.2 Å². The summed E-state index contributed by atoms with van der Waals surface area (Å²) in [7, 11) is 0. The van der Waals surface area contributed by atoms with Gasteiger partial charge in [-0.05, 0) is 60.5 Å². The monoisotopic (exact) mass is 623 g/mol. The number of carbonyl (C=O) groups is 1. The first kappa shape index (κ1) is 26.8. The van der Waals surface area contributed by atoms with Crippen LogP contribution in [0.4, 0.5) is 17.6 Å². The lowest BCUT2D eigenvalue weighted by Crippen LogP contribution is -2.07. The number of alkyl halides is 3. The van der Waals surface area contributed by atoms with E-state index in [9.17, 15) is 22.4 Å². The van der Waals surface area contributed by atoms with Crippen molar-refractivity contribution in [2.75, 3.05) is 0 Å². The molecule has 0 aliphatic heterocycles. The Kier molecular flexibility index (Phi) is 8.91. The Morgan fingerprint density at radius 2 is 1.91 bits per heavy atom. The Labute approximate surface area is 213 Å². The van der Waals surface area contributed by atoms with Gasteiger partial charge in [-0.1, -0.05) is 32.9 Å². The van der Waals surface area contributed by atoms with Crippen LogP contribution in [0, 0.1) is 23.2 Å². The summed E-state index contributed by atoms with van der Waals surface area (Å²) >= 11 is 2.60. The first-order valence-corrected chi connectivity index (χ1v) is 14.2. The summed E-state index contributed by atoms with van der Waals surface area (Å²) in [6.45, 7) is 5.92. The second-order valence-corrected chi connectivity index (χ2v) is 13.2. The highest BCUT2D eigenvalue weighted by Gasteiger charge is 2.34. The van der Waals surface area contributed by atoms with E-state index in [1.165, 1.54) is 30.0 Å². The number of rotatable bonds is 8. The van der Waals surface area contributed by atoms with Gasteiger partial charge in [-0.15, -0.1) is 23.1 Å². The highest BCUT2D eigenvalue weighted by atomic mass is 127. The van der Waals surface area contributed by atoms with Gasteiger partial charge in [0.15, 0.2) is 0 Å². The molecular weight excluding hydrogens is 601 g/mol. The van der Waals surface area contributed by atoms with Gasteiger partial charge in [-0.25, -0.2) is 9.37 Å². The molecule has 0 saturated heterocycles. The van der Waals surface area contributed by atoms with Gasteiger partial charge < -0.3 is 5.11 Å². The van der Waals surface area contributed by atoms with E-state index < -0.39 is 44.3 Å². The molecule has 2 aromatic carbocycles. The molecule has 1 aromatic heterocycles. The summed E-state index contributed by atoms with van der Waals surface area (Å²) < 4.78 is 55.0. The van der Waals surface area contributed by atoms with Gasteiger partial charge in [-0.3, -0.25) is 4.79 Å². The third kappa shape index (κ3) is 6.88. The standard InChI is InChI=1S/C24H22F4INO2S2/c1-13(7-10-22(31)32)29-19-5-4-6-20(14(19)2)33-12-21-15(3)30-23(34-21)16-8-9-17(18(25)11-16)24(26,27)28/h4-6,8-9,11H,7,10,12H2,1-3H3,(H,31,32). The minimum absolute atomic E-state index is 0.148. The number of hydrogen-bond acceptors (Lipinski definition) is 4.